The van der Waals surface area contributed by atoms with Crippen molar-refractivity contribution >= 4 is 29.6 Å². The lowest BCUT2D eigenvalue weighted by Gasteiger charge is -2.15. The van der Waals surface area contributed by atoms with Gasteiger partial charge in [0.2, 0.25) is 0 Å². The van der Waals surface area contributed by atoms with E-state index in [-0.39, 0.29) is 0 Å². The van der Waals surface area contributed by atoms with Crippen LogP contribution in [0.4, 0.5) is 0 Å². The van der Waals surface area contributed by atoms with Gasteiger partial charge in [0.15, 0.2) is 0 Å². The second-order valence-corrected chi connectivity index (χ2v) is 6.71. The molecule has 0 aliphatic heterocycles. The zero-order valence-corrected chi connectivity index (χ0v) is 12.6. The molecule has 96 valence electrons. The van der Waals surface area contributed by atoms with Gasteiger partial charge >= 0.3 is 7.60 Å². The van der Waals surface area contributed by atoms with Crippen LogP contribution in [0.3, 0.4) is 0 Å². The fourth-order valence-corrected chi connectivity index (χ4v) is 3.35. The van der Waals surface area contributed by atoms with Crippen molar-refractivity contribution in [2.24, 2.45) is 0 Å². The van der Waals surface area contributed by atoms with Crippen molar-refractivity contribution in [3.8, 4) is 0 Å². The molecule has 0 amide bonds. The first kappa shape index (κ1) is 14.7. The largest absolute Gasteiger partial charge is 0.462 e. The number of rotatable bonds is 6. The minimum absolute atomic E-state index is 0.317. The van der Waals surface area contributed by atoms with Crippen LogP contribution in [-0.2, 0) is 13.6 Å². The highest BCUT2D eigenvalue weighted by Gasteiger charge is 2.28. The molecule has 0 bridgehead atoms. The molecular weight excluding hydrogens is 307 g/mol. The van der Waals surface area contributed by atoms with Gasteiger partial charge in [-0.15, -0.1) is 0 Å². The highest BCUT2D eigenvalue weighted by Crippen LogP contribution is 2.59. The van der Waals surface area contributed by atoms with Gasteiger partial charge in [-0.2, -0.15) is 0 Å². The number of halogens is 1. The molecule has 1 heterocycles. The van der Waals surface area contributed by atoms with Gasteiger partial charge in [0.1, 0.15) is 15.7 Å². The van der Waals surface area contributed by atoms with E-state index in [2.05, 4.69) is 15.9 Å². The average molecular weight is 323 g/mol. The van der Waals surface area contributed by atoms with Crippen LogP contribution < -0.4 is 0 Å². The Morgan fingerprint density at radius 2 is 2.00 bits per heavy atom. The third-order valence-corrected chi connectivity index (χ3v) is 5.26. The maximum absolute atomic E-state index is 12.3. The molecule has 0 N–H and O–H groups in total. The van der Waals surface area contributed by atoms with Crippen LogP contribution in [0, 0.1) is 6.92 Å². The van der Waals surface area contributed by atoms with Gasteiger partial charge in [0.05, 0.1) is 13.2 Å². The van der Waals surface area contributed by atoms with E-state index in [4.69, 9.17) is 13.5 Å². The summed E-state index contributed by atoms with van der Waals surface area (Å²) in [6.45, 7) is 6.01. The molecule has 0 atom stereocenters. The standard InChI is InChI=1S/C11H16BrO4P/c1-4-14-17(13,15-5-2)11(12)8-10-7-6-9(3)16-10/h6-8H,4-5H2,1-3H3/b11-8+. The lowest BCUT2D eigenvalue weighted by Crippen LogP contribution is -1.95. The van der Waals surface area contributed by atoms with E-state index in [1.165, 1.54) is 0 Å². The minimum atomic E-state index is -3.25. The SMILES string of the molecule is CCOP(=O)(OCC)/C(Br)=C/c1ccc(C)o1. The number of aryl methyl sites for hydroxylation is 1. The highest BCUT2D eigenvalue weighted by molar-refractivity contribution is 9.13. The van der Waals surface area contributed by atoms with Crippen molar-refractivity contribution in [3.05, 3.63) is 27.9 Å². The Balaban J connectivity index is 2.95. The summed E-state index contributed by atoms with van der Waals surface area (Å²) in [4.78, 5) is 0. The van der Waals surface area contributed by atoms with E-state index in [9.17, 15) is 4.57 Å². The molecule has 0 fully saturated rings. The second kappa shape index (κ2) is 6.55. The molecule has 1 rings (SSSR count). The van der Waals surface area contributed by atoms with E-state index >= 15 is 0 Å². The summed E-state index contributed by atoms with van der Waals surface area (Å²) < 4.78 is 28.4. The van der Waals surface area contributed by atoms with Crippen molar-refractivity contribution in [2.45, 2.75) is 20.8 Å². The Morgan fingerprint density at radius 1 is 1.41 bits per heavy atom. The van der Waals surface area contributed by atoms with Gasteiger partial charge in [0.25, 0.3) is 0 Å². The lowest BCUT2D eigenvalue weighted by atomic mass is 10.4. The van der Waals surface area contributed by atoms with Crippen LogP contribution in [0.1, 0.15) is 25.4 Å². The summed E-state index contributed by atoms with van der Waals surface area (Å²) in [5.41, 5.74) is 0. The Labute approximate surface area is 110 Å². The summed E-state index contributed by atoms with van der Waals surface area (Å²) in [5.74, 6) is 1.40. The first-order valence-electron chi connectivity index (χ1n) is 5.35. The van der Waals surface area contributed by atoms with Crippen molar-refractivity contribution in [2.75, 3.05) is 13.2 Å². The van der Waals surface area contributed by atoms with E-state index in [1.54, 1.807) is 26.0 Å². The Bertz CT molecular complexity index is 428. The van der Waals surface area contributed by atoms with Crippen LogP contribution >= 0.6 is 23.5 Å². The smallest absolute Gasteiger partial charge is 0.368 e. The molecule has 6 heteroatoms. The van der Waals surface area contributed by atoms with Gasteiger partial charge in [0, 0.05) is 6.08 Å². The van der Waals surface area contributed by atoms with Crippen molar-refractivity contribution in [1.82, 2.24) is 0 Å². The molecule has 1 aromatic rings. The molecule has 0 aromatic carbocycles. The molecule has 0 unspecified atom stereocenters. The zero-order chi connectivity index (χ0) is 12.9. The van der Waals surface area contributed by atoms with Crippen LogP contribution in [0.25, 0.3) is 6.08 Å². The lowest BCUT2D eigenvalue weighted by molar-refractivity contribution is 0.228. The third-order valence-electron chi connectivity index (χ3n) is 1.88. The summed E-state index contributed by atoms with van der Waals surface area (Å²) in [7, 11) is -3.25. The average Bonchev–Trinajstić information content (AvgIpc) is 2.64. The monoisotopic (exact) mass is 322 g/mol. The van der Waals surface area contributed by atoms with E-state index in [0.29, 0.717) is 23.2 Å². The Morgan fingerprint density at radius 3 is 2.41 bits per heavy atom. The molecule has 0 spiro atoms. The summed E-state index contributed by atoms with van der Waals surface area (Å²) in [6.07, 6.45) is 1.61. The second-order valence-electron chi connectivity index (χ2n) is 3.25. The third kappa shape index (κ3) is 4.11. The van der Waals surface area contributed by atoms with Crippen LogP contribution in [0.5, 0.6) is 0 Å². The first-order valence-corrected chi connectivity index (χ1v) is 7.68. The van der Waals surface area contributed by atoms with Gasteiger partial charge < -0.3 is 13.5 Å². The molecule has 1 aromatic heterocycles. The van der Waals surface area contributed by atoms with E-state index in [1.807, 2.05) is 13.0 Å². The molecule has 0 aliphatic carbocycles. The highest BCUT2D eigenvalue weighted by atomic mass is 79.9. The molecule has 0 saturated carbocycles. The van der Waals surface area contributed by atoms with Crippen molar-refractivity contribution < 1.29 is 18.0 Å². The topological polar surface area (TPSA) is 48.7 Å². The molecule has 4 nitrogen and oxygen atoms in total. The number of hydrogen-bond acceptors (Lipinski definition) is 4. The van der Waals surface area contributed by atoms with Crippen molar-refractivity contribution in [1.29, 1.82) is 0 Å². The van der Waals surface area contributed by atoms with Gasteiger partial charge in [-0.3, -0.25) is 4.57 Å². The van der Waals surface area contributed by atoms with E-state index in [0.717, 1.165) is 5.76 Å². The quantitative estimate of drug-likeness (QED) is 0.721. The zero-order valence-electron chi connectivity index (χ0n) is 10.1. The number of furan rings is 1. The maximum atomic E-state index is 12.3. The summed E-state index contributed by atoms with van der Waals surface area (Å²) in [5, 5.41) is 0. The Kier molecular flexibility index (Phi) is 5.67. The van der Waals surface area contributed by atoms with Gasteiger partial charge in [-0.05, 0) is 48.8 Å². The van der Waals surface area contributed by atoms with Crippen LogP contribution in [0.15, 0.2) is 20.8 Å². The predicted molar refractivity (Wildman–Crippen MR) is 71.2 cm³/mol. The van der Waals surface area contributed by atoms with Crippen molar-refractivity contribution in [3.63, 3.8) is 0 Å². The molecule has 0 aliphatic rings. The predicted octanol–water partition coefficient (Wildman–Crippen LogP) is 4.55. The van der Waals surface area contributed by atoms with Gasteiger partial charge in [-0.25, -0.2) is 0 Å². The summed E-state index contributed by atoms with van der Waals surface area (Å²) in [6, 6.07) is 3.62. The maximum Gasteiger partial charge on any atom is 0.368 e. The normalized spacial score (nSPS) is 13.1. The van der Waals surface area contributed by atoms with Gasteiger partial charge in [-0.1, -0.05) is 0 Å². The molecular formula is C11H16BrO4P. The number of hydrogen-bond donors (Lipinski definition) is 0. The molecule has 0 saturated heterocycles. The minimum Gasteiger partial charge on any atom is -0.462 e. The summed E-state index contributed by atoms with van der Waals surface area (Å²) >= 11 is 3.24. The van der Waals surface area contributed by atoms with E-state index < -0.39 is 7.60 Å². The Hall–Kier alpha value is -0.350. The fraction of sp³-hybridized carbons (Fsp3) is 0.455. The first-order chi connectivity index (χ1) is 8.01. The van der Waals surface area contributed by atoms with Crippen LogP contribution in [0.2, 0.25) is 0 Å². The molecule has 17 heavy (non-hydrogen) atoms. The molecule has 0 radical (unpaired) electrons. The fourth-order valence-electron chi connectivity index (χ4n) is 1.23. The van der Waals surface area contributed by atoms with Crippen LogP contribution in [-0.4, -0.2) is 13.2 Å².